The molecular weight excluding hydrogens is 1510 g/mol. The zero-order valence-corrected chi connectivity index (χ0v) is 68.6. The van der Waals surface area contributed by atoms with Crippen molar-refractivity contribution in [3.05, 3.63) is 71.9 Å². The summed E-state index contributed by atoms with van der Waals surface area (Å²) in [6, 6.07) is 7.92. The number of nitrogens with two attached hydrogens (primary N) is 2. The molecule has 0 radical (unpaired) electrons. The lowest BCUT2D eigenvalue weighted by Crippen LogP contribution is -2.65. The van der Waals surface area contributed by atoms with Gasteiger partial charge in [0.15, 0.2) is 0 Å². The van der Waals surface area contributed by atoms with E-state index in [2.05, 4.69) is 79.4 Å². The first kappa shape index (κ1) is 95.0. The minimum absolute atomic E-state index is 0.0374. The number of aliphatic hydroxyl groups is 2. The molecule has 0 saturated carbocycles. The Morgan fingerprint density at radius 3 is 1.53 bits per heavy atom. The van der Waals surface area contributed by atoms with Crippen LogP contribution in [0.25, 0.3) is 10.9 Å². The number of aromatic nitrogens is 1. The van der Waals surface area contributed by atoms with E-state index in [1.54, 1.807) is 6.20 Å². The molecule has 0 aliphatic carbocycles. The number of benzene rings is 2. The molecule has 2 aromatic carbocycles. The van der Waals surface area contributed by atoms with Crippen molar-refractivity contribution in [3.8, 4) is 0 Å². The number of fused-ring (bicyclic) bond motifs is 1. The summed E-state index contributed by atoms with van der Waals surface area (Å²) in [5, 5.41) is 56.8. The number of primary amides is 2. The summed E-state index contributed by atoms with van der Waals surface area (Å²) in [4.78, 5) is 248. The van der Waals surface area contributed by atoms with Gasteiger partial charge in [0.25, 0.3) is 0 Å². The molecule has 638 valence electrons. The fourth-order valence-corrected chi connectivity index (χ4v) is 12.7. The topological polar surface area (TPSA) is 590 Å². The van der Waals surface area contributed by atoms with E-state index in [-0.39, 0.29) is 39.0 Å². The van der Waals surface area contributed by atoms with E-state index in [1.165, 1.54) is 116 Å². The molecule has 0 bridgehead atoms. The number of H-pyrrole nitrogens is 1. The first-order valence-corrected chi connectivity index (χ1v) is 38.0. The van der Waals surface area contributed by atoms with E-state index in [9.17, 15) is 96.5 Å². The van der Waals surface area contributed by atoms with Gasteiger partial charge in [0.1, 0.15) is 75.0 Å². The van der Waals surface area contributed by atoms with Crippen LogP contribution in [0.3, 0.4) is 0 Å². The van der Waals surface area contributed by atoms with Crippen LogP contribution < -0.4 is 85.9 Å². The molecule has 2 aliphatic heterocycles. The Labute approximate surface area is 672 Å². The second kappa shape index (κ2) is 39.6. The van der Waals surface area contributed by atoms with E-state index < -0.39 is 226 Å². The Morgan fingerprint density at radius 1 is 0.491 bits per heavy atom. The number of hydrogen-bond donors (Lipinski definition) is 19. The number of rotatable bonds is 40. The van der Waals surface area contributed by atoms with Crippen LogP contribution in [0.15, 0.2) is 60.8 Å². The van der Waals surface area contributed by atoms with Crippen LogP contribution in [0.4, 0.5) is 0 Å². The Morgan fingerprint density at radius 2 is 0.966 bits per heavy atom. The summed E-state index contributed by atoms with van der Waals surface area (Å²) >= 11 is 0. The Balaban J connectivity index is 1.09. The molecule has 5 rings (SSSR count). The molecule has 2 fully saturated rings. The van der Waals surface area contributed by atoms with Gasteiger partial charge in [0.05, 0.1) is 31.8 Å². The second-order valence-electron chi connectivity index (χ2n) is 33.0. The zero-order chi connectivity index (χ0) is 87.6. The monoisotopic (exact) mass is 1630 g/mol. The van der Waals surface area contributed by atoms with Crippen LogP contribution in [0.5, 0.6) is 0 Å². The first-order chi connectivity index (χ1) is 53.6. The minimum atomic E-state index is -1.89. The third-order valence-electron chi connectivity index (χ3n) is 19.5. The van der Waals surface area contributed by atoms with Gasteiger partial charge in [-0.1, -0.05) is 48.5 Å². The fourth-order valence-electron chi connectivity index (χ4n) is 12.7. The lowest BCUT2D eigenvalue weighted by molar-refractivity contribution is -0.148. The van der Waals surface area contributed by atoms with E-state index in [0.717, 1.165) is 21.4 Å². The summed E-state index contributed by atoms with van der Waals surface area (Å²) in [6.45, 7) is 18.6. The number of nitrogens with zero attached hydrogens (tertiary/aromatic N) is 2. The Bertz CT molecular complexity index is 4210. The number of likely N-dealkylation sites (tertiary alicyclic amines) is 2. The van der Waals surface area contributed by atoms with Crippen LogP contribution in [-0.4, -0.2) is 251 Å². The summed E-state index contributed by atoms with van der Waals surface area (Å²) in [7, 11) is 0. The second-order valence-corrected chi connectivity index (χ2v) is 33.0. The van der Waals surface area contributed by atoms with Gasteiger partial charge in [-0.15, -0.1) is 0 Å². The van der Waals surface area contributed by atoms with Crippen LogP contribution >= 0.6 is 0 Å². The van der Waals surface area contributed by atoms with E-state index in [1.807, 2.05) is 54.6 Å². The number of aromatic amines is 1. The van der Waals surface area contributed by atoms with Crippen molar-refractivity contribution in [1.29, 1.82) is 0 Å². The van der Waals surface area contributed by atoms with Crippen molar-refractivity contribution < 1.29 is 96.5 Å². The highest BCUT2D eigenvalue weighted by Gasteiger charge is 2.49. The normalized spacial score (nSPS) is 16.6. The quantitative estimate of drug-likeness (QED) is 0.0255. The summed E-state index contributed by atoms with van der Waals surface area (Å²) in [5.41, 5.74) is 0.621. The van der Waals surface area contributed by atoms with Gasteiger partial charge in [-0.05, 0) is 153 Å². The molecule has 3 aromatic rings. The highest BCUT2D eigenvalue weighted by Crippen LogP contribution is 2.27. The zero-order valence-electron chi connectivity index (χ0n) is 68.6. The van der Waals surface area contributed by atoms with Gasteiger partial charge < -0.3 is 111 Å². The Hall–Kier alpha value is -11.6. The van der Waals surface area contributed by atoms with Crippen molar-refractivity contribution in [1.82, 2.24) is 89.2 Å². The molecule has 116 heavy (non-hydrogen) atoms. The summed E-state index contributed by atoms with van der Waals surface area (Å²) in [5.74, 6) is -15.2. The lowest BCUT2D eigenvalue weighted by atomic mass is 9.98. The molecule has 2 saturated heterocycles. The molecule has 3 heterocycles. The number of aliphatic hydroxyl groups excluding tert-OH is 2. The average Bonchev–Trinajstić information content (AvgIpc) is 1.60. The lowest BCUT2D eigenvalue weighted by Gasteiger charge is -2.37. The number of β-amino-alcohol motifs (C(OH)–C–C–N with tert-alkyl or cyclic N) is 1. The van der Waals surface area contributed by atoms with E-state index in [4.69, 9.17) is 11.5 Å². The van der Waals surface area contributed by atoms with Gasteiger partial charge in [0, 0.05) is 62.8 Å². The van der Waals surface area contributed by atoms with Crippen LogP contribution in [-0.2, 0) is 99.1 Å². The summed E-state index contributed by atoms with van der Waals surface area (Å²) in [6.07, 6.45) is -0.278. The van der Waals surface area contributed by atoms with Crippen molar-refractivity contribution in [3.63, 3.8) is 0 Å². The third kappa shape index (κ3) is 27.0. The molecule has 21 N–H and O–H groups in total. The third-order valence-corrected chi connectivity index (χ3v) is 19.5. The maximum atomic E-state index is 14.4. The summed E-state index contributed by atoms with van der Waals surface area (Å²) < 4.78 is 0. The molecule has 18 amide bonds. The highest BCUT2D eigenvalue weighted by molar-refractivity contribution is 6.03. The largest absolute Gasteiger partial charge is 0.394 e. The van der Waals surface area contributed by atoms with E-state index in [0.29, 0.717) is 24.8 Å². The number of nitrogens with one attached hydrogen (secondary N) is 15. The molecule has 1 aromatic heterocycles. The minimum Gasteiger partial charge on any atom is -0.394 e. The number of carbonyl (C=O) groups is 18. The van der Waals surface area contributed by atoms with Crippen molar-refractivity contribution in [2.45, 2.75) is 256 Å². The Kier molecular flexibility index (Phi) is 32.4. The van der Waals surface area contributed by atoms with Gasteiger partial charge in [-0.25, -0.2) is 0 Å². The molecule has 39 heteroatoms. The molecule has 0 unspecified atom stereocenters. The van der Waals surface area contributed by atoms with Gasteiger partial charge in [-0.3, -0.25) is 86.3 Å². The average molecular weight is 1630 g/mol. The van der Waals surface area contributed by atoms with Crippen LogP contribution in [0.2, 0.25) is 0 Å². The predicted octanol–water partition coefficient (Wildman–Crippen LogP) is -4.61. The standard InChI is InChI=1S/C77H115N19O20/c1-41(83-66(112)73(7,8)88-57(103)38-82-64(110)71(3,4)90-60(106)50(29-31-55(79)101)87-67(113)74(9,10)91-61(107)51(84-42(2)98)34-44-36-80-48-26-21-20-25-47(44)48)58(104)89-75(11,12)68(114)94-72(5,6)65(111)81-37-56(102)86-49(28-30-54(78)100)59(105)92-77(15,16)70(116)96-39-46(99)35-53(96)63(109)93-76(13,14)69(115)95-32-22-27-52(95)62(108)85-45(40-97)33-43-23-18-17-19-24-43/h17-21,23-26,36,41,45-46,49-53,80,97,99H,22,27-35,37-40H2,1-16H3,(H2,78,100)(H2,79,101)(H,81,111)(H,82,110)(H,83,112)(H,84,98)(H,85,108)(H,86,102)(H,87,113)(H,88,103)(H,89,104)(H,90,106)(H,91,107)(H,92,105)(H,93,109)(H,94,114)/t41-,45-,46-,49-,50-,51-,52-,53+/m0/s1. The fraction of sp³-hybridized carbons (Fsp3) is 0.584. The van der Waals surface area contributed by atoms with Crippen LogP contribution in [0.1, 0.15) is 167 Å². The maximum absolute atomic E-state index is 14.4. The van der Waals surface area contributed by atoms with Gasteiger partial charge >= 0.3 is 0 Å². The maximum Gasteiger partial charge on any atom is 0.248 e. The molecule has 8 atom stereocenters. The van der Waals surface area contributed by atoms with Crippen LogP contribution in [0, 0.1) is 0 Å². The first-order valence-electron chi connectivity index (χ1n) is 38.0. The van der Waals surface area contributed by atoms with Gasteiger partial charge in [-0.2, -0.15) is 0 Å². The number of para-hydroxylation sites is 1. The SMILES string of the molecule is CC(=O)N[C@@H](Cc1c[nH]c2ccccc12)C(=O)NC(C)(C)C(=O)N[C@@H](CCC(N)=O)C(=O)NC(C)(C)C(=O)NCC(=O)NC(C)(C)C(=O)N[C@@H](C)C(=O)NC(C)(C)C(=O)NC(C)(C)C(=O)NCC(=O)N[C@@H](CCC(N)=O)C(=O)NC(C)(C)C(=O)N1C[C@@H](O)C[C@@H]1C(=O)NC(C)(C)C(=O)N1CCC[C@H]1C(=O)N[C@H](CO)Cc1ccccc1. The molecule has 39 nitrogen and oxygen atoms in total. The van der Waals surface area contributed by atoms with Gasteiger partial charge in [0.2, 0.25) is 106 Å². The predicted molar refractivity (Wildman–Crippen MR) is 420 cm³/mol. The number of carbonyl (C=O) groups excluding carboxylic acids is 18. The number of hydrogen-bond acceptors (Lipinski definition) is 20. The molecule has 2 aliphatic rings. The highest BCUT2D eigenvalue weighted by atomic mass is 16.3. The van der Waals surface area contributed by atoms with Crippen molar-refractivity contribution >= 4 is 117 Å². The number of amides is 18. The van der Waals surface area contributed by atoms with Crippen molar-refractivity contribution in [2.24, 2.45) is 11.5 Å². The van der Waals surface area contributed by atoms with E-state index >= 15 is 0 Å². The molecular formula is C77H115N19O20. The van der Waals surface area contributed by atoms with Crippen molar-refractivity contribution in [2.75, 3.05) is 32.8 Å². The smallest absolute Gasteiger partial charge is 0.248 e. The molecule has 0 spiro atoms.